The van der Waals surface area contributed by atoms with Crippen molar-refractivity contribution in [1.82, 2.24) is 34.5 Å². The highest BCUT2D eigenvalue weighted by Crippen LogP contribution is 2.53. The Balaban J connectivity index is 1.41. The summed E-state index contributed by atoms with van der Waals surface area (Å²) in [4.78, 5) is 22.0. The standard InChI is InChI=1S/C20H17N7/c1-10-9-22-11(2)20-25-19(26-27(10)20)14-8-13(14)18-23-16-6-5-15-12(17(16)24-18)4-3-7-21-15/h3-7,9,13-14H,8H2,1-2H3,(H,23,24)/t13-,14-/m1/s1. The fourth-order valence-electron chi connectivity index (χ4n) is 3.87. The van der Waals surface area contributed by atoms with Gasteiger partial charge in [0.2, 0.25) is 0 Å². The number of H-pyrrole nitrogens is 1. The Bertz CT molecular complexity index is 1310. The predicted octanol–water partition coefficient (Wildman–Crippen LogP) is 3.44. The first-order valence-corrected chi connectivity index (χ1v) is 9.11. The molecular formula is C20H17N7. The van der Waals surface area contributed by atoms with E-state index in [1.165, 1.54) is 0 Å². The molecule has 0 amide bonds. The number of imidazole rings is 1. The maximum Gasteiger partial charge on any atom is 0.177 e. The molecule has 1 saturated carbocycles. The van der Waals surface area contributed by atoms with Crippen LogP contribution < -0.4 is 0 Å². The molecule has 0 radical (unpaired) electrons. The van der Waals surface area contributed by atoms with Crippen LogP contribution in [0.3, 0.4) is 0 Å². The van der Waals surface area contributed by atoms with Crippen LogP contribution in [-0.4, -0.2) is 34.5 Å². The molecule has 7 heteroatoms. The maximum atomic E-state index is 4.90. The SMILES string of the molecule is Cc1ncc(C)n2nc([C@@H]3C[C@H]3c3nc4c(ccc5ncccc54)[nH]3)nc12. The van der Waals surface area contributed by atoms with Gasteiger partial charge in [0, 0.05) is 29.6 Å². The number of hydrogen-bond acceptors (Lipinski definition) is 5. The van der Waals surface area contributed by atoms with Crippen LogP contribution in [0.1, 0.15) is 41.3 Å². The van der Waals surface area contributed by atoms with E-state index in [-0.39, 0.29) is 0 Å². The van der Waals surface area contributed by atoms with Crippen molar-refractivity contribution in [3.8, 4) is 0 Å². The van der Waals surface area contributed by atoms with Crippen molar-refractivity contribution >= 4 is 27.6 Å². The number of nitrogens with one attached hydrogen (secondary N) is 1. The van der Waals surface area contributed by atoms with E-state index < -0.39 is 0 Å². The lowest BCUT2D eigenvalue weighted by Gasteiger charge is -1.97. The molecule has 2 atom stereocenters. The molecule has 4 heterocycles. The fourth-order valence-corrected chi connectivity index (χ4v) is 3.87. The van der Waals surface area contributed by atoms with Crippen LogP contribution in [0.5, 0.6) is 0 Å². The number of aromatic amines is 1. The summed E-state index contributed by atoms with van der Waals surface area (Å²) in [7, 11) is 0. The summed E-state index contributed by atoms with van der Waals surface area (Å²) in [5.74, 6) is 2.52. The highest BCUT2D eigenvalue weighted by molar-refractivity contribution is 6.02. The van der Waals surface area contributed by atoms with Gasteiger partial charge < -0.3 is 4.98 Å². The average molecular weight is 355 g/mol. The molecule has 1 aliphatic carbocycles. The minimum absolute atomic E-state index is 0.300. The molecule has 6 rings (SSSR count). The van der Waals surface area contributed by atoms with E-state index in [1.807, 2.05) is 42.9 Å². The smallest absolute Gasteiger partial charge is 0.177 e. The second kappa shape index (κ2) is 5.09. The van der Waals surface area contributed by atoms with E-state index >= 15 is 0 Å². The molecule has 132 valence electrons. The van der Waals surface area contributed by atoms with Crippen LogP contribution in [0, 0.1) is 13.8 Å². The molecule has 1 fully saturated rings. The minimum atomic E-state index is 0.300. The number of rotatable bonds is 2. The molecule has 1 aliphatic rings. The quantitative estimate of drug-likeness (QED) is 0.524. The molecule has 5 aromatic rings. The van der Waals surface area contributed by atoms with E-state index in [2.05, 4.69) is 27.1 Å². The number of aromatic nitrogens is 7. The largest absolute Gasteiger partial charge is 0.342 e. The van der Waals surface area contributed by atoms with Crippen molar-refractivity contribution in [3.05, 3.63) is 59.7 Å². The summed E-state index contributed by atoms with van der Waals surface area (Å²) in [5.41, 5.74) is 5.75. The van der Waals surface area contributed by atoms with E-state index in [0.29, 0.717) is 11.8 Å². The van der Waals surface area contributed by atoms with Crippen LogP contribution in [0.4, 0.5) is 0 Å². The van der Waals surface area contributed by atoms with Crippen LogP contribution >= 0.6 is 0 Å². The molecule has 1 N–H and O–H groups in total. The fraction of sp³-hybridized carbons (Fsp3) is 0.250. The zero-order chi connectivity index (χ0) is 18.1. The highest BCUT2D eigenvalue weighted by atomic mass is 15.3. The van der Waals surface area contributed by atoms with Crippen molar-refractivity contribution in [2.24, 2.45) is 0 Å². The lowest BCUT2D eigenvalue weighted by atomic mass is 10.2. The summed E-state index contributed by atoms with van der Waals surface area (Å²) in [6.45, 7) is 3.97. The number of fused-ring (bicyclic) bond motifs is 4. The Labute approximate surface area is 154 Å². The van der Waals surface area contributed by atoms with Crippen molar-refractivity contribution in [3.63, 3.8) is 0 Å². The number of hydrogen-bond donors (Lipinski definition) is 1. The molecule has 27 heavy (non-hydrogen) atoms. The molecule has 0 spiro atoms. The van der Waals surface area contributed by atoms with Gasteiger partial charge in [0.25, 0.3) is 0 Å². The normalized spacial score (nSPS) is 19.3. The lowest BCUT2D eigenvalue weighted by Crippen LogP contribution is -1.97. The number of benzene rings is 1. The first-order chi connectivity index (χ1) is 13.2. The molecule has 4 aromatic heterocycles. The van der Waals surface area contributed by atoms with Crippen molar-refractivity contribution in [1.29, 1.82) is 0 Å². The second-order valence-corrected chi connectivity index (χ2v) is 7.29. The van der Waals surface area contributed by atoms with Crippen LogP contribution in [0.25, 0.3) is 27.6 Å². The van der Waals surface area contributed by atoms with Crippen molar-refractivity contribution in [2.75, 3.05) is 0 Å². The summed E-state index contributed by atoms with van der Waals surface area (Å²) in [6, 6.07) is 8.11. The van der Waals surface area contributed by atoms with Gasteiger partial charge in [-0.1, -0.05) is 0 Å². The molecule has 0 saturated heterocycles. The van der Waals surface area contributed by atoms with Gasteiger partial charge >= 0.3 is 0 Å². The topological polar surface area (TPSA) is 84.6 Å². The van der Waals surface area contributed by atoms with Crippen LogP contribution in [-0.2, 0) is 0 Å². The van der Waals surface area contributed by atoms with Gasteiger partial charge in [-0.05, 0) is 44.5 Å². The Morgan fingerprint density at radius 3 is 2.89 bits per heavy atom. The van der Waals surface area contributed by atoms with Gasteiger partial charge in [0.15, 0.2) is 11.5 Å². The minimum Gasteiger partial charge on any atom is -0.342 e. The van der Waals surface area contributed by atoms with Gasteiger partial charge in [-0.25, -0.2) is 14.5 Å². The number of pyridine rings is 1. The van der Waals surface area contributed by atoms with Gasteiger partial charge in [0.05, 0.1) is 27.9 Å². The molecule has 1 aromatic carbocycles. The van der Waals surface area contributed by atoms with E-state index in [9.17, 15) is 0 Å². The lowest BCUT2D eigenvalue weighted by molar-refractivity contribution is 0.823. The van der Waals surface area contributed by atoms with Gasteiger partial charge in [0.1, 0.15) is 5.82 Å². The summed E-state index contributed by atoms with van der Waals surface area (Å²) >= 11 is 0. The molecule has 0 unspecified atom stereocenters. The molecule has 0 aliphatic heterocycles. The van der Waals surface area contributed by atoms with Crippen LogP contribution in [0.15, 0.2) is 36.7 Å². The zero-order valence-corrected chi connectivity index (χ0v) is 15.0. The summed E-state index contributed by atoms with van der Waals surface area (Å²) in [5, 5.41) is 5.81. The zero-order valence-electron chi connectivity index (χ0n) is 15.0. The first-order valence-electron chi connectivity index (χ1n) is 9.11. The average Bonchev–Trinajstić information content (AvgIpc) is 3.15. The third-order valence-electron chi connectivity index (χ3n) is 5.45. The summed E-state index contributed by atoms with van der Waals surface area (Å²) in [6.07, 6.45) is 4.66. The Kier molecular flexibility index (Phi) is 2.79. The number of nitrogens with zero attached hydrogens (tertiary/aromatic N) is 6. The molecular weight excluding hydrogens is 338 g/mol. The van der Waals surface area contributed by atoms with Gasteiger partial charge in [-0.15, -0.1) is 0 Å². The van der Waals surface area contributed by atoms with Crippen molar-refractivity contribution in [2.45, 2.75) is 32.1 Å². The maximum absolute atomic E-state index is 4.90. The Morgan fingerprint density at radius 1 is 1.07 bits per heavy atom. The van der Waals surface area contributed by atoms with E-state index in [1.54, 1.807) is 0 Å². The van der Waals surface area contributed by atoms with Gasteiger partial charge in [-0.2, -0.15) is 5.10 Å². The molecule has 7 nitrogen and oxygen atoms in total. The third-order valence-corrected chi connectivity index (χ3v) is 5.45. The van der Waals surface area contributed by atoms with Crippen molar-refractivity contribution < 1.29 is 0 Å². The second-order valence-electron chi connectivity index (χ2n) is 7.29. The van der Waals surface area contributed by atoms with E-state index in [4.69, 9.17) is 15.1 Å². The Hall–Kier alpha value is -3.35. The number of aryl methyl sites for hydroxylation is 2. The van der Waals surface area contributed by atoms with Gasteiger partial charge in [-0.3, -0.25) is 9.97 Å². The molecule has 0 bridgehead atoms. The van der Waals surface area contributed by atoms with E-state index in [0.717, 1.165) is 57.0 Å². The highest BCUT2D eigenvalue weighted by Gasteiger charge is 2.44. The third kappa shape index (κ3) is 2.11. The summed E-state index contributed by atoms with van der Waals surface area (Å²) < 4.78 is 1.89. The van der Waals surface area contributed by atoms with Crippen LogP contribution in [0.2, 0.25) is 0 Å². The Morgan fingerprint density at radius 2 is 2.00 bits per heavy atom. The monoisotopic (exact) mass is 355 g/mol. The predicted molar refractivity (Wildman–Crippen MR) is 102 cm³/mol. The first kappa shape index (κ1) is 14.8.